The van der Waals surface area contributed by atoms with Gasteiger partial charge in [0.05, 0.1) is 16.8 Å². The van der Waals surface area contributed by atoms with E-state index in [-0.39, 0.29) is 5.56 Å². The molecular formula is C22H14ClNO2. The number of halogens is 1. The van der Waals surface area contributed by atoms with Gasteiger partial charge in [0.1, 0.15) is 0 Å². The molecule has 26 heavy (non-hydrogen) atoms. The summed E-state index contributed by atoms with van der Waals surface area (Å²) in [6.45, 7) is 0. The van der Waals surface area contributed by atoms with Gasteiger partial charge in [0.2, 0.25) is 0 Å². The predicted octanol–water partition coefficient (Wildman–Crippen LogP) is 5.92. The van der Waals surface area contributed by atoms with Crippen LogP contribution in [0.15, 0.2) is 78.9 Å². The summed E-state index contributed by atoms with van der Waals surface area (Å²) >= 11 is 6.01. The Labute approximate surface area is 155 Å². The number of benzene rings is 3. The number of rotatable bonds is 3. The van der Waals surface area contributed by atoms with E-state index >= 15 is 0 Å². The fourth-order valence-corrected chi connectivity index (χ4v) is 3.16. The van der Waals surface area contributed by atoms with Gasteiger partial charge in [-0.3, -0.25) is 0 Å². The smallest absolute Gasteiger partial charge is 0.336 e. The van der Waals surface area contributed by atoms with Gasteiger partial charge >= 0.3 is 5.97 Å². The molecule has 0 bridgehead atoms. The van der Waals surface area contributed by atoms with E-state index in [0.29, 0.717) is 21.6 Å². The Hall–Kier alpha value is -3.17. The summed E-state index contributed by atoms with van der Waals surface area (Å²) in [5, 5.41) is 10.6. The van der Waals surface area contributed by atoms with Crippen LogP contribution >= 0.6 is 11.6 Å². The molecule has 0 fully saturated rings. The Morgan fingerprint density at radius 1 is 0.808 bits per heavy atom. The van der Waals surface area contributed by atoms with Crippen molar-refractivity contribution in [1.82, 2.24) is 4.98 Å². The highest BCUT2D eigenvalue weighted by Gasteiger charge is 2.13. The van der Waals surface area contributed by atoms with Gasteiger partial charge in [-0.15, -0.1) is 0 Å². The standard InChI is InChI=1S/C22H14ClNO2/c23-17-10-11-20-18(12-17)19(22(25)26)13-21(24-20)16-8-6-15(7-9-16)14-4-2-1-3-5-14/h1-13H,(H,25,26). The Bertz CT molecular complexity index is 1110. The lowest BCUT2D eigenvalue weighted by atomic mass is 10.0. The third-order valence-corrected chi connectivity index (χ3v) is 4.52. The van der Waals surface area contributed by atoms with Crippen molar-refractivity contribution in [2.45, 2.75) is 0 Å². The molecule has 0 saturated carbocycles. The first kappa shape index (κ1) is 16.3. The minimum absolute atomic E-state index is 0.194. The van der Waals surface area contributed by atoms with Crippen molar-refractivity contribution in [2.75, 3.05) is 0 Å². The Morgan fingerprint density at radius 2 is 1.46 bits per heavy atom. The van der Waals surface area contributed by atoms with Crippen molar-refractivity contribution < 1.29 is 9.90 Å². The molecule has 0 unspecified atom stereocenters. The van der Waals surface area contributed by atoms with Gasteiger partial charge in [-0.05, 0) is 35.4 Å². The minimum Gasteiger partial charge on any atom is -0.478 e. The molecule has 1 aromatic heterocycles. The summed E-state index contributed by atoms with van der Waals surface area (Å²) in [4.78, 5) is 16.3. The van der Waals surface area contributed by atoms with Crippen molar-refractivity contribution >= 4 is 28.5 Å². The fourth-order valence-electron chi connectivity index (χ4n) is 2.99. The van der Waals surface area contributed by atoms with Crippen LogP contribution < -0.4 is 0 Å². The van der Waals surface area contributed by atoms with Crippen molar-refractivity contribution in [3.05, 3.63) is 89.4 Å². The van der Waals surface area contributed by atoms with E-state index in [0.717, 1.165) is 16.7 Å². The highest BCUT2D eigenvalue weighted by atomic mass is 35.5. The number of nitrogens with zero attached hydrogens (tertiary/aromatic N) is 1. The molecule has 3 nitrogen and oxygen atoms in total. The monoisotopic (exact) mass is 359 g/mol. The number of hydrogen-bond acceptors (Lipinski definition) is 2. The molecule has 0 aliphatic rings. The normalized spacial score (nSPS) is 10.8. The van der Waals surface area contributed by atoms with Crippen LogP contribution in [0.1, 0.15) is 10.4 Å². The zero-order valence-electron chi connectivity index (χ0n) is 13.7. The lowest BCUT2D eigenvalue weighted by Crippen LogP contribution is -2.00. The van der Waals surface area contributed by atoms with Crippen LogP contribution in [0.4, 0.5) is 0 Å². The Balaban J connectivity index is 1.81. The highest BCUT2D eigenvalue weighted by molar-refractivity contribution is 6.31. The molecule has 0 spiro atoms. The van der Waals surface area contributed by atoms with E-state index in [1.165, 1.54) is 0 Å². The number of carboxylic acid groups (broad SMARTS) is 1. The van der Waals surface area contributed by atoms with E-state index in [1.54, 1.807) is 24.3 Å². The highest BCUT2D eigenvalue weighted by Crippen LogP contribution is 2.28. The van der Waals surface area contributed by atoms with Gasteiger partial charge < -0.3 is 5.11 Å². The Kier molecular flexibility index (Phi) is 4.15. The number of pyridine rings is 1. The van der Waals surface area contributed by atoms with Crippen molar-refractivity contribution in [3.63, 3.8) is 0 Å². The third kappa shape index (κ3) is 3.05. The summed E-state index contributed by atoms with van der Waals surface area (Å²) in [5.74, 6) is -0.998. The van der Waals surface area contributed by atoms with Gasteiger partial charge in [-0.1, -0.05) is 66.2 Å². The average molecular weight is 360 g/mol. The molecule has 4 rings (SSSR count). The Morgan fingerprint density at radius 3 is 2.15 bits per heavy atom. The van der Waals surface area contributed by atoms with Crippen LogP contribution in [-0.4, -0.2) is 16.1 Å². The van der Waals surface area contributed by atoms with E-state index in [4.69, 9.17) is 11.6 Å². The van der Waals surface area contributed by atoms with Gasteiger partial charge in [0, 0.05) is 16.0 Å². The van der Waals surface area contributed by atoms with Crippen LogP contribution in [0.2, 0.25) is 5.02 Å². The number of carbonyl (C=O) groups is 1. The maximum absolute atomic E-state index is 11.7. The molecule has 126 valence electrons. The molecule has 3 aromatic carbocycles. The van der Waals surface area contributed by atoms with Crippen molar-refractivity contribution in [3.8, 4) is 22.4 Å². The lowest BCUT2D eigenvalue weighted by Gasteiger charge is -2.08. The van der Waals surface area contributed by atoms with Gasteiger partial charge in [-0.2, -0.15) is 0 Å². The van der Waals surface area contributed by atoms with Crippen LogP contribution in [0.5, 0.6) is 0 Å². The maximum atomic E-state index is 11.7. The second-order valence-corrected chi connectivity index (χ2v) is 6.40. The second-order valence-electron chi connectivity index (χ2n) is 5.97. The summed E-state index contributed by atoms with van der Waals surface area (Å²) < 4.78 is 0. The first-order valence-electron chi connectivity index (χ1n) is 8.11. The fraction of sp³-hybridized carbons (Fsp3) is 0. The second kappa shape index (κ2) is 6.62. The van der Waals surface area contributed by atoms with Gasteiger partial charge in [-0.25, -0.2) is 9.78 Å². The SMILES string of the molecule is O=C(O)c1cc(-c2ccc(-c3ccccc3)cc2)nc2ccc(Cl)cc12. The number of aromatic carboxylic acids is 1. The molecule has 0 amide bonds. The zero-order valence-corrected chi connectivity index (χ0v) is 14.4. The molecular weight excluding hydrogens is 346 g/mol. The molecule has 4 aromatic rings. The zero-order chi connectivity index (χ0) is 18.1. The van der Waals surface area contributed by atoms with Gasteiger partial charge in [0.25, 0.3) is 0 Å². The largest absolute Gasteiger partial charge is 0.478 e. The maximum Gasteiger partial charge on any atom is 0.336 e. The summed E-state index contributed by atoms with van der Waals surface area (Å²) in [7, 11) is 0. The molecule has 1 heterocycles. The minimum atomic E-state index is -0.998. The van der Waals surface area contributed by atoms with E-state index in [2.05, 4.69) is 17.1 Å². The van der Waals surface area contributed by atoms with Crippen molar-refractivity contribution in [2.24, 2.45) is 0 Å². The number of fused-ring (bicyclic) bond motifs is 1. The van der Waals surface area contributed by atoms with E-state index in [1.807, 2.05) is 42.5 Å². The third-order valence-electron chi connectivity index (χ3n) is 4.29. The molecule has 1 N–H and O–H groups in total. The van der Waals surface area contributed by atoms with Gasteiger partial charge in [0.15, 0.2) is 0 Å². The summed E-state index contributed by atoms with van der Waals surface area (Å²) in [6.07, 6.45) is 0. The molecule has 0 atom stereocenters. The van der Waals surface area contributed by atoms with Crippen LogP contribution in [0, 0.1) is 0 Å². The number of hydrogen-bond donors (Lipinski definition) is 1. The predicted molar refractivity (Wildman–Crippen MR) is 105 cm³/mol. The summed E-state index contributed by atoms with van der Waals surface area (Å²) in [5.41, 5.74) is 4.52. The summed E-state index contributed by atoms with van der Waals surface area (Å²) in [6, 6.07) is 24.7. The molecule has 0 radical (unpaired) electrons. The van der Waals surface area contributed by atoms with Crippen LogP contribution in [-0.2, 0) is 0 Å². The molecule has 0 aliphatic heterocycles. The average Bonchev–Trinajstić information content (AvgIpc) is 2.68. The molecule has 4 heteroatoms. The molecule has 0 saturated heterocycles. The van der Waals surface area contributed by atoms with Crippen molar-refractivity contribution in [1.29, 1.82) is 0 Å². The number of carboxylic acids is 1. The quantitative estimate of drug-likeness (QED) is 0.494. The first-order chi connectivity index (χ1) is 12.6. The van der Waals surface area contributed by atoms with Crippen LogP contribution in [0.25, 0.3) is 33.3 Å². The molecule has 0 aliphatic carbocycles. The topological polar surface area (TPSA) is 50.2 Å². The van der Waals surface area contributed by atoms with E-state index in [9.17, 15) is 9.90 Å². The number of aromatic nitrogens is 1. The van der Waals surface area contributed by atoms with Crippen LogP contribution in [0.3, 0.4) is 0 Å². The van der Waals surface area contributed by atoms with E-state index < -0.39 is 5.97 Å². The lowest BCUT2D eigenvalue weighted by molar-refractivity contribution is 0.0699. The first-order valence-corrected chi connectivity index (χ1v) is 8.49.